The lowest BCUT2D eigenvalue weighted by Crippen LogP contribution is -2.12. The van der Waals surface area contributed by atoms with Gasteiger partial charge >= 0.3 is 0 Å². The Bertz CT molecular complexity index is 632. The van der Waals surface area contributed by atoms with Crippen LogP contribution in [-0.4, -0.2) is 10.9 Å². The lowest BCUT2D eigenvalue weighted by Gasteiger charge is -2.05. The van der Waals surface area contributed by atoms with Crippen LogP contribution in [-0.2, 0) is 6.42 Å². The van der Waals surface area contributed by atoms with E-state index < -0.39 is 0 Å². The number of aromatic nitrogens is 1. The molecule has 2 aromatic rings. The maximum Gasteiger partial charge on any atom is 0.255 e. The number of anilines is 1. The lowest BCUT2D eigenvalue weighted by molar-refractivity contribution is 0.102. The fourth-order valence-corrected chi connectivity index (χ4v) is 1.80. The number of amides is 1. The third-order valence-corrected chi connectivity index (χ3v) is 2.97. The number of pyridine rings is 1. The second-order valence-corrected chi connectivity index (χ2v) is 4.75. The Hall–Kier alpha value is -2.19. The summed E-state index contributed by atoms with van der Waals surface area (Å²) in [6, 6.07) is 12.6. The molecule has 1 N–H and O–H groups in total. The van der Waals surface area contributed by atoms with Gasteiger partial charge in [-0.3, -0.25) is 9.78 Å². The van der Waals surface area contributed by atoms with E-state index in [1.165, 1.54) is 6.20 Å². The molecule has 0 saturated carbocycles. The van der Waals surface area contributed by atoms with Gasteiger partial charge in [-0.1, -0.05) is 15.9 Å². The van der Waals surface area contributed by atoms with Gasteiger partial charge < -0.3 is 5.32 Å². The average Bonchev–Trinajstić information content (AvgIpc) is 2.42. The molecule has 0 atom stereocenters. The Morgan fingerprint density at radius 3 is 2.74 bits per heavy atom. The Balaban J connectivity index is 2.13. The van der Waals surface area contributed by atoms with Crippen molar-refractivity contribution in [3.63, 3.8) is 0 Å². The topological polar surface area (TPSA) is 65.8 Å². The molecule has 0 aliphatic heterocycles. The molecular formula is C14H10BrN3O. The number of benzene rings is 1. The van der Waals surface area contributed by atoms with Crippen LogP contribution in [0.25, 0.3) is 0 Å². The SMILES string of the molecule is N#CCc1cc(C(=O)Nc2ccc(Br)cc2)ccn1. The van der Waals surface area contributed by atoms with Gasteiger partial charge in [0.2, 0.25) is 0 Å². The molecule has 4 nitrogen and oxygen atoms in total. The molecule has 2 rings (SSSR count). The highest BCUT2D eigenvalue weighted by Gasteiger charge is 2.07. The molecular weight excluding hydrogens is 306 g/mol. The van der Waals surface area contributed by atoms with Gasteiger partial charge in [0.15, 0.2) is 0 Å². The highest BCUT2D eigenvalue weighted by atomic mass is 79.9. The Labute approximate surface area is 119 Å². The van der Waals surface area contributed by atoms with Crippen molar-refractivity contribution in [2.75, 3.05) is 5.32 Å². The molecule has 0 aliphatic rings. The van der Waals surface area contributed by atoms with Gasteiger partial charge in [-0.2, -0.15) is 5.26 Å². The van der Waals surface area contributed by atoms with Gasteiger partial charge in [0.25, 0.3) is 5.91 Å². The highest BCUT2D eigenvalue weighted by molar-refractivity contribution is 9.10. The maximum absolute atomic E-state index is 12.0. The van der Waals surface area contributed by atoms with Crippen LogP contribution in [0.1, 0.15) is 16.1 Å². The first-order valence-electron chi connectivity index (χ1n) is 5.58. The molecule has 0 bridgehead atoms. The van der Waals surface area contributed by atoms with Crippen molar-refractivity contribution in [2.45, 2.75) is 6.42 Å². The van der Waals surface area contributed by atoms with Crippen LogP contribution in [0, 0.1) is 11.3 Å². The zero-order chi connectivity index (χ0) is 13.7. The van der Waals surface area contributed by atoms with Gasteiger partial charge in [-0.05, 0) is 36.4 Å². The third kappa shape index (κ3) is 3.63. The summed E-state index contributed by atoms with van der Waals surface area (Å²) in [5.74, 6) is -0.219. The van der Waals surface area contributed by atoms with Crippen LogP contribution >= 0.6 is 15.9 Å². The minimum Gasteiger partial charge on any atom is -0.322 e. The van der Waals surface area contributed by atoms with Crippen molar-refractivity contribution in [2.24, 2.45) is 0 Å². The summed E-state index contributed by atoms with van der Waals surface area (Å²) in [6.07, 6.45) is 1.72. The zero-order valence-electron chi connectivity index (χ0n) is 9.93. The summed E-state index contributed by atoms with van der Waals surface area (Å²) in [5, 5.41) is 11.4. The van der Waals surface area contributed by atoms with E-state index in [1.54, 1.807) is 24.3 Å². The molecule has 5 heteroatoms. The van der Waals surface area contributed by atoms with Crippen molar-refractivity contribution in [1.29, 1.82) is 5.26 Å². The van der Waals surface area contributed by atoms with E-state index >= 15 is 0 Å². The van der Waals surface area contributed by atoms with E-state index in [0.29, 0.717) is 16.9 Å². The Morgan fingerprint density at radius 1 is 1.32 bits per heavy atom. The normalized spacial score (nSPS) is 9.68. The molecule has 0 unspecified atom stereocenters. The molecule has 0 radical (unpaired) electrons. The van der Waals surface area contributed by atoms with Crippen molar-refractivity contribution in [3.8, 4) is 6.07 Å². The first kappa shape index (κ1) is 13.2. The largest absolute Gasteiger partial charge is 0.322 e. The van der Waals surface area contributed by atoms with Crippen LogP contribution in [0.15, 0.2) is 47.1 Å². The van der Waals surface area contributed by atoms with Gasteiger partial charge in [0.05, 0.1) is 18.2 Å². The molecule has 1 aromatic carbocycles. The Kier molecular flexibility index (Phi) is 4.26. The summed E-state index contributed by atoms with van der Waals surface area (Å²) in [4.78, 5) is 16.0. The third-order valence-electron chi connectivity index (χ3n) is 2.44. The van der Waals surface area contributed by atoms with Crippen molar-refractivity contribution in [1.82, 2.24) is 4.98 Å². The standard InChI is InChI=1S/C14H10BrN3O/c15-11-1-3-12(4-2-11)18-14(19)10-6-8-17-13(9-10)5-7-16/h1-4,6,8-9H,5H2,(H,18,19). The number of carbonyl (C=O) groups excluding carboxylic acids is 1. The number of hydrogen-bond acceptors (Lipinski definition) is 3. The molecule has 0 saturated heterocycles. The first-order chi connectivity index (χ1) is 9.19. The second-order valence-electron chi connectivity index (χ2n) is 3.83. The molecule has 94 valence electrons. The van der Waals surface area contributed by atoms with E-state index in [-0.39, 0.29) is 12.3 Å². The van der Waals surface area contributed by atoms with E-state index in [0.717, 1.165) is 4.47 Å². The molecule has 1 amide bonds. The molecule has 1 heterocycles. The molecule has 1 aromatic heterocycles. The predicted molar refractivity (Wildman–Crippen MR) is 75.6 cm³/mol. The number of halogens is 1. The maximum atomic E-state index is 12.0. The summed E-state index contributed by atoms with van der Waals surface area (Å²) in [6.45, 7) is 0. The number of nitrogens with zero attached hydrogens (tertiary/aromatic N) is 2. The zero-order valence-corrected chi connectivity index (χ0v) is 11.5. The second kappa shape index (κ2) is 6.12. The minimum absolute atomic E-state index is 0.194. The minimum atomic E-state index is -0.219. The monoisotopic (exact) mass is 315 g/mol. The van der Waals surface area contributed by atoms with Gasteiger partial charge in [-0.25, -0.2) is 0 Å². The van der Waals surface area contributed by atoms with Crippen LogP contribution in [0.4, 0.5) is 5.69 Å². The van der Waals surface area contributed by atoms with Crippen LogP contribution in [0.5, 0.6) is 0 Å². The lowest BCUT2D eigenvalue weighted by atomic mass is 10.2. The van der Waals surface area contributed by atoms with Gasteiger partial charge in [0, 0.05) is 21.9 Å². The number of nitriles is 1. The number of hydrogen-bond donors (Lipinski definition) is 1. The smallest absolute Gasteiger partial charge is 0.255 e. The molecule has 0 spiro atoms. The van der Waals surface area contributed by atoms with E-state index in [2.05, 4.69) is 26.2 Å². The number of nitrogens with one attached hydrogen (secondary N) is 1. The summed E-state index contributed by atoms with van der Waals surface area (Å²) in [7, 11) is 0. The summed E-state index contributed by atoms with van der Waals surface area (Å²) >= 11 is 3.33. The first-order valence-corrected chi connectivity index (χ1v) is 6.37. The predicted octanol–water partition coefficient (Wildman–Crippen LogP) is 3.16. The number of carbonyl (C=O) groups is 1. The van der Waals surface area contributed by atoms with Gasteiger partial charge in [-0.15, -0.1) is 0 Å². The summed E-state index contributed by atoms with van der Waals surface area (Å²) in [5.41, 5.74) is 1.79. The fraction of sp³-hybridized carbons (Fsp3) is 0.0714. The van der Waals surface area contributed by atoms with E-state index in [4.69, 9.17) is 5.26 Å². The van der Waals surface area contributed by atoms with E-state index in [1.807, 2.05) is 18.2 Å². The van der Waals surface area contributed by atoms with Crippen LogP contribution in [0.3, 0.4) is 0 Å². The number of rotatable bonds is 3. The molecule has 0 aliphatic carbocycles. The van der Waals surface area contributed by atoms with E-state index in [9.17, 15) is 4.79 Å². The molecule has 19 heavy (non-hydrogen) atoms. The Morgan fingerprint density at radius 2 is 2.05 bits per heavy atom. The fourth-order valence-electron chi connectivity index (χ4n) is 1.53. The van der Waals surface area contributed by atoms with Crippen molar-refractivity contribution >= 4 is 27.5 Å². The van der Waals surface area contributed by atoms with Gasteiger partial charge in [0.1, 0.15) is 0 Å². The summed E-state index contributed by atoms with van der Waals surface area (Å²) < 4.78 is 0.950. The molecule has 0 fully saturated rings. The quantitative estimate of drug-likeness (QED) is 0.946. The highest BCUT2D eigenvalue weighted by Crippen LogP contribution is 2.15. The van der Waals surface area contributed by atoms with Crippen LogP contribution in [0.2, 0.25) is 0 Å². The van der Waals surface area contributed by atoms with Crippen molar-refractivity contribution < 1.29 is 4.79 Å². The van der Waals surface area contributed by atoms with Crippen molar-refractivity contribution in [3.05, 3.63) is 58.3 Å². The van der Waals surface area contributed by atoms with Crippen LogP contribution < -0.4 is 5.32 Å². The average molecular weight is 316 g/mol.